The molecule has 164 valence electrons. The third kappa shape index (κ3) is 6.31. The number of aliphatic hydroxyl groups excluding tert-OH is 1. The summed E-state index contributed by atoms with van der Waals surface area (Å²) in [5.41, 5.74) is 3.55. The van der Waals surface area contributed by atoms with Gasteiger partial charge in [-0.1, -0.05) is 17.8 Å². The summed E-state index contributed by atoms with van der Waals surface area (Å²) in [5.74, 6) is 0.377. The van der Waals surface area contributed by atoms with Gasteiger partial charge in [-0.2, -0.15) is 0 Å². The van der Waals surface area contributed by atoms with E-state index in [-0.39, 0.29) is 11.9 Å². The van der Waals surface area contributed by atoms with E-state index in [1.807, 2.05) is 10.8 Å². The third-order valence-electron chi connectivity index (χ3n) is 5.49. The number of imidazole rings is 1. The Morgan fingerprint density at radius 3 is 2.80 bits per heavy atom. The minimum absolute atomic E-state index is 0.0347. The van der Waals surface area contributed by atoms with Crippen molar-refractivity contribution in [1.82, 2.24) is 19.8 Å². The maximum atomic E-state index is 12.5. The van der Waals surface area contributed by atoms with Crippen LogP contribution in [0.5, 0.6) is 0 Å². The van der Waals surface area contributed by atoms with E-state index in [4.69, 9.17) is 4.74 Å². The van der Waals surface area contributed by atoms with E-state index < -0.39 is 6.10 Å². The van der Waals surface area contributed by atoms with Crippen LogP contribution in [0.3, 0.4) is 0 Å². The van der Waals surface area contributed by atoms with E-state index in [1.54, 1.807) is 13.3 Å². The van der Waals surface area contributed by atoms with Gasteiger partial charge in [-0.25, -0.2) is 4.98 Å². The Bertz CT molecular complexity index is 834. The number of nitrogens with one attached hydrogen (secondary N) is 1. The summed E-state index contributed by atoms with van der Waals surface area (Å²) in [5, 5.41) is 13.8. The van der Waals surface area contributed by atoms with E-state index in [0.29, 0.717) is 18.9 Å². The summed E-state index contributed by atoms with van der Waals surface area (Å²) in [6.07, 6.45) is 5.03. The highest BCUT2D eigenvalue weighted by Crippen LogP contribution is 2.22. The van der Waals surface area contributed by atoms with Crippen LogP contribution in [-0.4, -0.2) is 76.7 Å². The second kappa shape index (κ2) is 10.9. The van der Waals surface area contributed by atoms with Crippen molar-refractivity contribution in [3.05, 3.63) is 41.7 Å². The van der Waals surface area contributed by atoms with Crippen molar-refractivity contribution in [2.75, 3.05) is 39.1 Å². The first-order valence-electron chi connectivity index (χ1n) is 10.4. The van der Waals surface area contributed by atoms with Gasteiger partial charge in [-0.05, 0) is 49.9 Å². The molecule has 0 spiro atoms. The molecule has 1 aromatic carbocycles. The Morgan fingerprint density at radius 2 is 2.10 bits per heavy atom. The number of likely N-dealkylation sites (tertiary alicyclic amines) is 1. The third-order valence-corrected chi connectivity index (χ3v) is 6.46. The quantitative estimate of drug-likeness (QED) is 0.591. The van der Waals surface area contributed by atoms with Crippen LogP contribution in [0.2, 0.25) is 0 Å². The number of rotatable bonds is 9. The Kier molecular flexibility index (Phi) is 8.32. The molecule has 1 saturated heterocycles. The number of hydrogen-bond donors (Lipinski definition) is 2. The first kappa shape index (κ1) is 22.8. The Labute approximate surface area is 182 Å². The lowest BCUT2D eigenvalue weighted by atomic mass is 10.0. The summed E-state index contributed by atoms with van der Waals surface area (Å²) < 4.78 is 7.00. The smallest absolute Gasteiger partial charge is 0.230 e. The zero-order valence-corrected chi connectivity index (χ0v) is 18.8. The number of aromatic nitrogens is 2. The minimum atomic E-state index is -0.460. The van der Waals surface area contributed by atoms with Crippen molar-refractivity contribution < 1.29 is 14.6 Å². The largest absolute Gasteiger partial charge is 0.389 e. The van der Waals surface area contributed by atoms with Gasteiger partial charge in [0.15, 0.2) is 5.16 Å². The summed E-state index contributed by atoms with van der Waals surface area (Å²) in [4.78, 5) is 19.1. The summed E-state index contributed by atoms with van der Waals surface area (Å²) in [6.45, 7) is 6.91. The first-order chi connectivity index (χ1) is 14.5. The standard InChI is InChI=1S/C22H32N4O3S/c1-16-4-5-19(12-17(16)2)26-11-8-23-22(26)30-15-21(28)24-18-6-9-25(10-7-18)13-20(27)14-29-3/h4-5,8,11-12,18,20,27H,6-7,9-10,13-15H2,1-3H3,(H,24,28)/t20-/m0/s1. The molecular weight excluding hydrogens is 400 g/mol. The van der Waals surface area contributed by atoms with Crippen LogP contribution in [0, 0.1) is 13.8 Å². The van der Waals surface area contributed by atoms with Gasteiger partial charge in [0.2, 0.25) is 5.91 Å². The van der Waals surface area contributed by atoms with Gasteiger partial charge < -0.3 is 20.1 Å². The number of carbonyl (C=O) groups is 1. The fourth-order valence-electron chi connectivity index (χ4n) is 3.67. The zero-order chi connectivity index (χ0) is 21.5. The molecule has 1 aliphatic heterocycles. The van der Waals surface area contributed by atoms with Crippen molar-refractivity contribution in [2.24, 2.45) is 0 Å². The average molecular weight is 433 g/mol. The number of aryl methyl sites for hydroxylation is 2. The molecule has 1 atom stereocenters. The van der Waals surface area contributed by atoms with Crippen LogP contribution >= 0.6 is 11.8 Å². The number of benzene rings is 1. The van der Waals surface area contributed by atoms with Crippen LogP contribution in [-0.2, 0) is 9.53 Å². The van der Waals surface area contributed by atoms with Crippen molar-refractivity contribution in [1.29, 1.82) is 0 Å². The highest BCUT2D eigenvalue weighted by atomic mass is 32.2. The van der Waals surface area contributed by atoms with Gasteiger partial charge in [0.05, 0.1) is 18.5 Å². The predicted octanol–water partition coefficient (Wildman–Crippen LogP) is 2.17. The molecule has 3 rings (SSSR count). The van der Waals surface area contributed by atoms with Crippen molar-refractivity contribution >= 4 is 17.7 Å². The Balaban J connectivity index is 1.45. The number of carbonyl (C=O) groups excluding carboxylic acids is 1. The number of hydrogen-bond acceptors (Lipinski definition) is 6. The van der Waals surface area contributed by atoms with Crippen LogP contribution in [0.4, 0.5) is 0 Å². The lowest BCUT2D eigenvalue weighted by Gasteiger charge is -2.33. The molecule has 1 amide bonds. The molecule has 0 bridgehead atoms. The number of aliphatic hydroxyl groups is 1. The molecule has 0 radical (unpaired) electrons. The minimum Gasteiger partial charge on any atom is -0.389 e. The molecule has 2 N–H and O–H groups in total. The number of methoxy groups -OCH3 is 1. The number of ether oxygens (including phenoxy) is 1. The monoisotopic (exact) mass is 432 g/mol. The number of amides is 1. The van der Waals surface area contributed by atoms with Crippen LogP contribution < -0.4 is 5.32 Å². The molecule has 7 nitrogen and oxygen atoms in total. The van der Waals surface area contributed by atoms with E-state index in [2.05, 4.69) is 47.2 Å². The topological polar surface area (TPSA) is 79.6 Å². The van der Waals surface area contributed by atoms with Gasteiger partial charge in [0.25, 0.3) is 0 Å². The van der Waals surface area contributed by atoms with E-state index in [1.165, 1.54) is 22.9 Å². The number of nitrogens with zero attached hydrogens (tertiary/aromatic N) is 3. The van der Waals surface area contributed by atoms with E-state index in [0.717, 1.165) is 36.8 Å². The Morgan fingerprint density at radius 1 is 1.33 bits per heavy atom. The molecule has 2 aromatic rings. The van der Waals surface area contributed by atoms with Gasteiger partial charge in [0.1, 0.15) is 0 Å². The normalized spacial score (nSPS) is 16.5. The molecule has 0 saturated carbocycles. The second-order valence-electron chi connectivity index (χ2n) is 7.89. The lowest BCUT2D eigenvalue weighted by molar-refractivity contribution is -0.119. The first-order valence-corrected chi connectivity index (χ1v) is 11.4. The van der Waals surface area contributed by atoms with Crippen LogP contribution in [0.25, 0.3) is 5.69 Å². The van der Waals surface area contributed by atoms with E-state index in [9.17, 15) is 9.90 Å². The fraction of sp³-hybridized carbons (Fsp3) is 0.545. The number of β-amino-alcohol motifs (C(OH)–C–C–N with tert-alkyl or cyclic N) is 1. The van der Waals surface area contributed by atoms with Crippen molar-refractivity contribution in [3.63, 3.8) is 0 Å². The molecule has 8 heteroatoms. The number of piperidine rings is 1. The Hall–Kier alpha value is -1.87. The molecule has 0 aliphatic carbocycles. The van der Waals surface area contributed by atoms with E-state index >= 15 is 0 Å². The molecule has 0 unspecified atom stereocenters. The summed E-state index contributed by atoms with van der Waals surface area (Å²) in [7, 11) is 1.59. The zero-order valence-electron chi connectivity index (χ0n) is 18.0. The summed E-state index contributed by atoms with van der Waals surface area (Å²) >= 11 is 1.45. The van der Waals surface area contributed by atoms with Crippen LogP contribution in [0.1, 0.15) is 24.0 Å². The maximum Gasteiger partial charge on any atom is 0.230 e. The molecule has 30 heavy (non-hydrogen) atoms. The molecular formula is C22H32N4O3S. The van der Waals surface area contributed by atoms with Gasteiger partial charge in [-0.3, -0.25) is 9.36 Å². The second-order valence-corrected chi connectivity index (χ2v) is 8.83. The van der Waals surface area contributed by atoms with Gasteiger partial charge >= 0.3 is 0 Å². The fourth-order valence-corrected chi connectivity index (χ4v) is 4.46. The molecule has 1 aromatic heterocycles. The molecule has 1 fully saturated rings. The highest BCUT2D eigenvalue weighted by Gasteiger charge is 2.22. The van der Waals surface area contributed by atoms with Gasteiger partial charge in [-0.15, -0.1) is 0 Å². The SMILES string of the molecule is COC[C@@H](O)CN1CCC(NC(=O)CSc2nccn2-c2ccc(C)c(C)c2)CC1. The lowest BCUT2D eigenvalue weighted by Crippen LogP contribution is -2.47. The average Bonchev–Trinajstić information content (AvgIpc) is 3.19. The maximum absolute atomic E-state index is 12.5. The molecule has 2 heterocycles. The summed E-state index contributed by atoms with van der Waals surface area (Å²) in [6, 6.07) is 6.50. The van der Waals surface area contributed by atoms with Crippen molar-refractivity contribution in [2.45, 2.75) is 44.0 Å². The van der Waals surface area contributed by atoms with Gasteiger partial charge in [0, 0.05) is 50.9 Å². The molecule has 1 aliphatic rings. The highest BCUT2D eigenvalue weighted by molar-refractivity contribution is 7.99. The number of thioether (sulfide) groups is 1. The van der Waals surface area contributed by atoms with Crippen molar-refractivity contribution in [3.8, 4) is 5.69 Å². The van der Waals surface area contributed by atoms with Crippen LogP contribution in [0.15, 0.2) is 35.7 Å². The predicted molar refractivity (Wildman–Crippen MR) is 119 cm³/mol.